The fourth-order valence-electron chi connectivity index (χ4n) is 5.19. The summed E-state index contributed by atoms with van der Waals surface area (Å²) in [7, 11) is 2.59. The predicted octanol–water partition coefficient (Wildman–Crippen LogP) is 0.984. The number of ether oxygens (including phenoxy) is 2. The summed E-state index contributed by atoms with van der Waals surface area (Å²) < 4.78 is 9.54. The number of methoxy groups -OCH3 is 2. The van der Waals surface area contributed by atoms with Crippen molar-refractivity contribution in [1.29, 1.82) is 0 Å². The molecule has 0 spiro atoms. The van der Waals surface area contributed by atoms with E-state index in [0.717, 1.165) is 0 Å². The van der Waals surface area contributed by atoms with Crippen LogP contribution in [-0.4, -0.2) is 73.9 Å². The Bertz CT molecular complexity index is 789. The van der Waals surface area contributed by atoms with E-state index < -0.39 is 41.6 Å². The molecule has 6 unspecified atom stereocenters. The van der Waals surface area contributed by atoms with E-state index in [4.69, 9.17) is 14.3 Å². The lowest BCUT2D eigenvalue weighted by molar-refractivity contribution is -0.155. The monoisotopic (exact) mass is 514 g/mol. The summed E-state index contributed by atoms with van der Waals surface area (Å²) in [5, 5.41) is 21.7. The smallest absolute Gasteiger partial charge is 0.308 e. The number of esters is 2. The minimum Gasteiger partial charge on any atom is -0.481 e. The zero-order chi connectivity index (χ0) is 26.7. The van der Waals surface area contributed by atoms with Crippen molar-refractivity contribution >= 4 is 29.8 Å². The summed E-state index contributed by atoms with van der Waals surface area (Å²) in [5.41, 5.74) is 2.80. The number of carboxylic acids is 2. The first-order valence-electron chi connectivity index (χ1n) is 12.4. The van der Waals surface area contributed by atoms with E-state index >= 15 is 0 Å². The summed E-state index contributed by atoms with van der Waals surface area (Å²) in [4.78, 5) is 64.8. The van der Waals surface area contributed by atoms with Crippen molar-refractivity contribution in [3.8, 4) is 0 Å². The van der Waals surface area contributed by atoms with Gasteiger partial charge in [-0.3, -0.25) is 24.0 Å². The van der Waals surface area contributed by atoms with Gasteiger partial charge in [-0.2, -0.15) is 0 Å². The highest BCUT2D eigenvalue weighted by Gasteiger charge is 2.42. The first kappa shape index (κ1) is 29.5. The predicted molar refractivity (Wildman–Crippen MR) is 124 cm³/mol. The van der Waals surface area contributed by atoms with Crippen LogP contribution in [0.1, 0.15) is 51.4 Å². The lowest BCUT2D eigenvalue weighted by Crippen LogP contribution is -2.43. The van der Waals surface area contributed by atoms with Gasteiger partial charge in [0.1, 0.15) is 0 Å². The topological polar surface area (TPSA) is 178 Å². The van der Waals surface area contributed by atoms with Crippen molar-refractivity contribution in [2.45, 2.75) is 51.4 Å². The molecule has 4 N–H and O–H groups in total. The Hall–Kier alpha value is -2.73. The van der Waals surface area contributed by atoms with Crippen molar-refractivity contribution in [2.75, 3.05) is 33.9 Å². The summed E-state index contributed by atoms with van der Waals surface area (Å²) >= 11 is 0. The van der Waals surface area contributed by atoms with Crippen LogP contribution >= 0.6 is 0 Å². The Labute approximate surface area is 210 Å². The molecule has 0 saturated heterocycles. The molecule has 0 aromatic rings. The molecule has 36 heavy (non-hydrogen) atoms. The largest absolute Gasteiger partial charge is 0.481 e. The molecule has 0 radical (unpaired) electrons. The van der Waals surface area contributed by atoms with Gasteiger partial charge in [0, 0.05) is 13.1 Å². The van der Waals surface area contributed by atoms with Crippen molar-refractivity contribution in [2.24, 2.45) is 35.5 Å². The standard InChI is InChI=1S/C24H38N2O10/c1-34-23(32)14-5-7-17(21(28)29)16(11-14)13-36-26-10-4-3-9-25-20(27)19-12-15(24(33)35-2)6-8-18(19)22(30)31/h14-19,26H,3-13H2,1-2H3,(H,25,27)(H,28,29)(H,30,31). The number of carbonyl (C=O) groups excluding carboxylic acids is 3. The fourth-order valence-corrected chi connectivity index (χ4v) is 5.19. The van der Waals surface area contributed by atoms with Crippen LogP contribution in [-0.2, 0) is 38.3 Å². The van der Waals surface area contributed by atoms with Crippen molar-refractivity contribution in [1.82, 2.24) is 10.8 Å². The van der Waals surface area contributed by atoms with E-state index in [9.17, 15) is 34.2 Å². The molecular formula is C24H38N2O10. The van der Waals surface area contributed by atoms with Crippen molar-refractivity contribution in [3.05, 3.63) is 0 Å². The molecule has 0 aliphatic heterocycles. The number of aliphatic carboxylic acids is 2. The average molecular weight is 515 g/mol. The molecular weight excluding hydrogens is 476 g/mol. The molecule has 2 aliphatic carbocycles. The van der Waals surface area contributed by atoms with Crippen LogP contribution in [0.3, 0.4) is 0 Å². The molecule has 0 aromatic heterocycles. The van der Waals surface area contributed by atoms with E-state index in [2.05, 4.69) is 10.8 Å². The molecule has 2 aliphatic rings. The second-order valence-corrected chi connectivity index (χ2v) is 9.53. The van der Waals surface area contributed by atoms with Crippen LogP contribution in [0, 0.1) is 35.5 Å². The highest BCUT2D eigenvalue weighted by atomic mass is 16.6. The third kappa shape index (κ3) is 8.44. The summed E-state index contributed by atoms with van der Waals surface area (Å²) in [5.74, 6) is -6.36. The minimum absolute atomic E-state index is 0.153. The molecule has 12 heteroatoms. The van der Waals surface area contributed by atoms with E-state index in [0.29, 0.717) is 51.6 Å². The van der Waals surface area contributed by atoms with E-state index in [1.165, 1.54) is 14.2 Å². The zero-order valence-corrected chi connectivity index (χ0v) is 20.9. The van der Waals surface area contributed by atoms with Crippen molar-refractivity contribution < 1.29 is 48.5 Å². The molecule has 0 aromatic carbocycles. The molecule has 2 fully saturated rings. The summed E-state index contributed by atoms with van der Waals surface area (Å²) in [6, 6.07) is 0. The number of amides is 1. The first-order valence-corrected chi connectivity index (χ1v) is 12.4. The molecule has 0 heterocycles. The van der Waals surface area contributed by atoms with Gasteiger partial charge in [-0.05, 0) is 57.3 Å². The zero-order valence-electron chi connectivity index (χ0n) is 20.9. The average Bonchev–Trinajstić information content (AvgIpc) is 2.88. The number of carboxylic acid groups (broad SMARTS) is 2. The Balaban J connectivity index is 1.68. The Morgan fingerprint density at radius 1 is 0.750 bits per heavy atom. The molecule has 6 atom stereocenters. The third-order valence-electron chi connectivity index (χ3n) is 7.28. The summed E-state index contributed by atoms with van der Waals surface area (Å²) in [6.07, 6.45) is 3.32. The number of hydrogen-bond acceptors (Lipinski definition) is 9. The van der Waals surface area contributed by atoms with Gasteiger partial charge in [0.25, 0.3) is 0 Å². The number of unbranched alkanes of at least 4 members (excludes halogenated alkanes) is 1. The number of carbonyl (C=O) groups is 5. The second-order valence-electron chi connectivity index (χ2n) is 9.53. The van der Waals surface area contributed by atoms with Gasteiger partial charge in [-0.25, -0.2) is 5.48 Å². The highest BCUT2D eigenvalue weighted by molar-refractivity contribution is 5.86. The fraction of sp³-hybridized carbons (Fsp3) is 0.792. The Morgan fingerprint density at radius 2 is 1.31 bits per heavy atom. The molecule has 0 bridgehead atoms. The number of nitrogens with one attached hydrogen (secondary N) is 2. The quantitative estimate of drug-likeness (QED) is 0.156. The molecule has 2 saturated carbocycles. The lowest BCUT2D eigenvalue weighted by atomic mass is 9.73. The van der Waals surface area contributed by atoms with Gasteiger partial charge in [-0.1, -0.05) is 0 Å². The highest BCUT2D eigenvalue weighted by Crippen LogP contribution is 2.36. The van der Waals surface area contributed by atoms with Gasteiger partial charge < -0.3 is 29.8 Å². The number of hydroxylamine groups is 1. The van der Waals surface area contributed by atoms with Gasteiger partial charge in [0.2, 0.25) is 5.91 Å². The minimum atomic E-state index is -1.04. The maximum Gasteiger partial charge on any atom is 0.308 e. The van der Waals surface area contributed by atoms with Crippen LogP contribution < -0.4 is 10.8 Å². The Kier molecular flexibility index (Phi) is 12.1. The first-order chi connectivity index (χ1) is 17.2. The maximum absolute atomic E-state index is 12.6. The molecule has 204 valence electrons. The molecule has 2 rings (SSSR count). The number of rotatable bonds is 13. The van der Waals surface area contributed by atoms with Crippen LogP contribution in [0.2, 0.25) is 0 Å². The van der Waals surface area contributed by atoms with E-state index in [1.54, 1.807) is 0 Å². The third-order valence-corrected chi connectivity index (χ3v) is 7.28. The van der Waals surface area contributed by atoms with Gasteiger partial charge in [0.15, 0.2) is 0 Å². The number of hydrogen-bond donors (Lipinski definition) is 4. The van der Waals surface area contributed by atoms with Crippen LogP contribution in [0.25, 0.3) is 0 Å². The van der Waals surface area contributed by atoms with E-state index in [1.807, 2.05) is 0 Å². The van der Waals surface area contributed by atoms with Gasteiger partial charge in [-0.15, -0.1) is 0 Å². The van der Waals surface area contributed by atoms with Crippen LogP contribution in [0.4, 0.5) is 0 Å². The van der Waals surface area contributed by atoms with Gasteiger partial charge >= 0.3 is 23.9 Å². The second kappa shape index (κ2) is 14.7. The molecule has 1 amide bonds. The van der Waals surface area contributed by atoms with Gasteiger partial charge in [0.05, 0.1) is 50.4 Å². The Morgan fingerprint density at radius 3 is 1.89 bits per heavy atom. The SMILES string of the molecule is COC(=O)C1CCC(C(=O)O)C(CONCCCCNC(=O)C2CC(C(=O)OC)CCC2C(=O)O)C1. The van der Waals surface area contributed by atoms with Crippen molar-refractivity contribution in [3.63, 3.8) is 0 Å². The maximum atomic E-state index is 12.6. The summed E-state index contributed by atoms with van der Waals surface area (Å²) in [6.45, 7) is 0.962. The van der Waals surface area contributed by atoms with E-state index in [-0.39, 0.29) is 43.2 Å². The molecule has 12 nitrogen and oxygen atoms in total. The normalized spacial score (nSPS) is 28.1. The van der Waals surface area contributed by atoms with Crippen LogP contribution in [0.5, 0.6) is 0 Å². The lowest BCUT2D eigenvalue weighted by Gasteiger charge is -2.32. The van der Waals surface area contributed by atoms with Crippen LogP contribution in [0.15, 0.2) is 0 Å².